The zero-order valence-corrected chi connectivity index (χ0v) is 12.4. The number of nitriles is 1. The lowest BCUT2D eigenvalue weighted by Crippen LogP contribution is -2.30. The van der Waals surface area contributed by atoms with Crippen LogP contribution in [0.3, 0.4) is 0 Å². The molecule has 114 valence electrons. The molecule has 2 atom stereocenters. The zero-order chi connectivity index (χ0) is 16.3. The summed E-state index contributed by atoms with van der Waals surface area (Å²) in [7, 11) is 0. The number of amides is 1. The molecule has 2 unspecified atom stereocenters. The van der Waals surface area contributed by atoms with Crippen LogP contribution in [-0.2, 0) is 14.4 Å². The van der Waals surface area contributed by atoms with Gasteiger partial charge in [0.1, 0.15) is 24.0 Å². The third kappa shape index (κ3) is 2.70. The van der Waals surface area contributed by atoms with Gasteiger partial charge in [-0.3, -0.25) is 14.4 Å². The molecule has 6 nitrogen and oxygen atoms in total. The van der Waals surface area contributed by atoms with Crippen LogP contribution in [-0.4, -0.2) is 35.5 Å². The molecule has 6 heteroatoms. The molecule has 1 aromatic carbocycles. The van der Waals surface area contributed by atoms with Crippen molar-refractivity contribution in [2.75, 3.05) is 13.2 Å². The van der Waals surface area contributed by atoms with E-state index in [-0.39, 0.29) is 12.3 Å². The van der Waals surface area contributed by atoms with Crippen LogP contribution in [0.2, 0.25) is 0 Å². The lowest BCUT2D eigenvalue weighted by atomic mass is 9.90. The Labute approximate surface area is 128 Å². The van der Waals surface area contributed by atoms with Crippen molar-refractivity contribution in [3.05, 3.63) is 29.8 Å². The van der Waals surface area contributed by atoms with Crippen LogP contribution in [0.1, 0.15) is 25.5 Å². The van der Waals surface area contributed by atoms with E-state index in [2.05, 4.69) is 0 Å². The minimum atomic E-state index is -1.06. The number of ether oxygens (including phenoxy) is 1. The fourth-order valence-corrected chi connectivity index (χ4v) is 2.68. The van der Waals surface area contributed by atoms with Crippen LogP contribution in [0.15, 0.2) is 24.3 Å². The van der Waals surface area contributed by atoms with Crippen molar-refractivity contribution >= 4 is 17.5 Å². The molecule has 2 rings (SSSR count). The topological polar surface area (TPSA) is 87.5 Å². The fraction of sp³-hybridized carbons (Fsp3) is 0.375. The molecule has 0 spiro atoms. The summed E-state index contributed by atoms with van der Waals surface area (Å²) >= 11 is 0. The molecule has 1 fully saturated rings. The standard InChI is InChI=1S/C16H16N2O4/c1-3-22-12-6-4-11(5-7-12)14-13(10(2)19)15(20)16(21)18(14)9-8-17/h4-7,13-14H,3,9H2,1-2H3. The number of benzene rings is 1. The number of rotatable bonds is 5. The number of carbonyl (C=O) groups is 3. The highest BCUT2D eigenvalue weighted by atomic mass is 16.5. The summed E-state index contributed by atoms with van der Waals surface area (Å²) < 4.78 is 5.35. The van der Waals surface area contributed by atoms with Gasteiger partial charge in [-0.25, -0.2) is 0 Å². The summed E-state index contributed by atoms with van der Waals surface area (Å²) in [6.07, 6.45) is 0. The Bertz CT molecular complexity index is 645. The van der Waals surface area contributed by atoms with Gasteiger partial charge in [-0.2, -0.15) is 5.26 Å². The van der Waals surface area contributed by atoms with Crippen molar-refractivity contribution in [2.24, 2.45) is 5.92 Å². The molecule has 0 N–H and O–H groups in total. The third-order valence-corrected chi connectivity index (χ3v) is 3.62. The number of ketones is 2. The minimum absolute atomic E-state index is 0.230. The monoisotopic (exact) mass is 300 g/mol. The van der Waals surface area contributed by atoms with Crippen molar-refractivity contribution in [1.29, 1.82) is 5.26 Å². The van der Waals surface area contributed by atoms with Crippen LogP contribution < -0.4 is 4.74 Å². The molecular formula is C16H16N2O4. The highest BCUT2D eigenvalue weighted by Gasteiger charge is 2.50. The molecule has 1 aromatic rings. The van der Waals surface area contributed by atoms with E-state index < -0.39 is 23.7 Å². The van der Waals surface area contributed by atoms with E-state index in [1.807, 2.05) is 13.0 Å². The molecule has 0 aromatic heterocycles. The molecule has 1 aliphatic rings. The van der Waals surface area contributed by atoms with E-state index in [4.69, 9.17) is 10.00 Å². The third-order valence-electron chi connectivity index (χ3n) is 3.62. The number of nitrogens with zero attached hydrogens (tertiary/aromatic N) is 2. The van der Waals surface area contributed by atoms with Crippen LogP contribution in [0, 0.1) is 17.2 Å². The van der Waals surface area contributed by atoms with E-state index >= 15 is 0 Å². The van der Waals surface area contributed by atoms with E-state index in [0.29, 0.717) is 17.9 Å². The van der Waals surface area contributed by atoms with Gasteiger partial charge in [0.2, 0.25) is 5.78 Å². The second-order valence-electron chi connectivity index (χ2n) is 4.99. The van der Waals surface area contributed by atoms with E-state index in [0.717, 1.165) is 4.90 Å². The van der Waals surface area contributed by atoms with Crippen LogP contribution in [0.5, 0.6) is 5.75 Å². The average molecular weight is 300 g/mol. The molecule has 1 heterocycles. The quantitative estimate of drug-likeness (QED) is 0.464. The number of hydrogen-bond donors (Lipinski definition) is 0. The van der Waals surface area contributed by atoms with Gasteiger partial charge >= 0.3 is 0 Å². The molecule has 1 saturated heterocycles. The second-order valence-corrected chi connectivity index (χ2v) is 4.99. The largest absolute Gasteiger partial charge is 0.494 e. The van der Waals surface area contributed by atoms with Crippen molar-refractivity contribution in [3.63, 3.8) is 0 Å². The maximum Gasteiger partial charge on any atom is 0.292 e. The van der Waals surface area contributed by atoms with Crippen molar-refractivity contribution < 1.29 is 19.1 Å². The minimum Gasteiger partial charge on any atom is -0.494 e. The average Bonchev–Trinajstić information content (AvgIpc) is 2.74. The Hall–Kier alpha value is -2.68. The summed E-state index contributed by atoms with van der Waals surface area (Å²) in [4.78, 5) is 37.0. The van der Waals surface area contributed by atoms with E-state index in [9.17, 15) is 14.4 Å². The summed E-state index contributed by atoms with van der Waals surface area (Å²) in [6, 6.07) is 7.99. The smallest absolute Gasteiger partial charge is 0.292 e. The lowest BCUT2D eigenvalue weighted by Gasteiger charge is -2.24. The molecule has 0 radical (unpaired) electrons. The molecule has 1 aliphatic heterocycles. The molecular weight excluding hydrogens is 284 g/mol. The van der Waals surface area contributed by atoms with Gasteiger partial charge in [0.25, 0.3) is 5.91 Å². The van der Waals surface area contributed by atoms with Gasteiger partial charge in [-0.05, 0) is 31.5 Å². The summed E-state index contributed by atoms with van der Waals surface area (Å²) in [5.74, 6) is -2.30. The predicted molar refractivity (Wildman–Crippen MR) is 76.9 cm³/mol. The highest BCUT2D eigenvalue weighted by molar-refractivity contribution is 6.42. The highest BCUT2D eigenvalue weighted by Crippen LogP contribution is 2.37. The molecule has 0 aliphatic carbocycles. The molecule has 0 bridgehead atoms. The molecule has 22 heavy (non-hydrogen) atoms. The maximum absolute atomic E-state index is 12.0. The number of likely N-dealkylation sites (tertiary alicyclic amines) is 1. The Morgan fingerprint density at radius 1 is 1.32 bits per heavy atom. The summed E-state index contributed by atoms with van der Waals surface area (Å²) in [5.41, 5.74) is 0.637. The van der Waals surface area contributed by atoms with Gasteiger partial charge in [0, 0.05) is 0 Å². The first kappa shape index (κ1) is 15.7. The normalized spacial score (nSPS) is 20.9. The predicted octanol–water partition coefficient (Wildman–Crippen LogP) is 1.27. The lowest BCUT2D eigenvalue weighted by molar-refractivity contribution is -0.141. The van der Waals surface area contributed by atoms with Crippen LogP contribution in [0.4, 0.5) is 0 Å². The van der Waals surface area contributed by atoms with Gasteiger partial charge in [-0.15, -0.1) is 0 Å². The van der Waals surface area contributed by atoms with Gasteiger partial charge in [0.15, 0.2) is 0 Å². The zero-order valence-electron chi connectivity index (χ0n) is 12.4. The van der Waals surface area contributed by atoms with Crippen molar-refractivity contribution in [2.45, 2.75) is 19.9 Å². The Morgan fingerprint density at radius 2 is 1.95 bits per heavy atom. The van der Waals surface area contributed by atoms with Crippen LogP contribution >= 0.6 is 0 Å². The number of Topliss-reactive ketones (excluding diaryl/α,β-unsaturated/α-hetero) is 2. The summed E-state index contributed by atoms with van der Waals surface area (Å²) in [6.45, 7) is 3.44. The Kier molecular flexibility index (Phi) is 4.56. The first-order valence-electron chi connectivity index (χ1n) is 6.96. The Balaban J connectivity index is 2.42. The van der Waals surface area contributed by atoms with Gasteiger partial charge in [0.05, 0.1) is 18.7 Å². The maximum atomic E-state index is 12.0. The van der Waals surface area contributed by atoms with Crippen LogP contribution in [0.25, 0.3) is 0 Å². The van der Waals surface area contributed by atoms with Crippen molar-refractivity contribution in [3.8, 4) is 11.8 Å². The van der Waals surface area contributed by atoms with E-state index in [1.165, 1.54) is 6.92 Å². The van der Waals surface area contributed by atoms with Crippen molar-refractivity contribution in [1.82, 2.24) is 4.90 Å². The Morgan fingerprint density at radius 3 is 2.45 bits per heavy atom. The number of carbonyl (C=O) groups excluding carboxylic acids is 3. The molecule has 0 saturated carbocycles. The van der Waals surface area contributed by atoms with E-state index in [1.54, 1.807) is 24.3 Å². The fourth-order valence-electron chi connectivity index (χ4n) is 2.68. The number of hydrogen-bond acceptors (Lipinski definition) is 5. The first-order valence-corrected chi connectivity index (χ1v) is 6.96. The second kappa shape index (κ2) is 6.39. The van der Waals surface area contributed by atoms with Gasteiger partial charge < -0.3 is 9.64 Å². The summed E-state index contributed by atoms with van der Waals surface area (Å²) in [5, 5.41) is 8.87. The first-order chi connectivity index (χ1) is 10.5. The SMILES string of the molecule is CCOc1ccc(C2C(C(C)=O)C(=O)C(=O)N2CC#N)cc1. The molecule has 1 amide bonds. The van der Waals surface area contributed by atoms with Gasteiger partial charge in [-0.1, -0.05) is 12.1 Å².